The predicted octanol–water partition coefficient (Wildman–Crippen LogP) is 2.65. The second kappa shape index (κ2) is 8.16. The van der Waals surface area contributed by atoms with E-state index < -0.39 is 5.60 Å². The van der Waals surface area contributed by atoms with Crippen molar-refractivity contribution in [2.24, 2.45) is 5.92 Å². The van der Waals surface area contributed by atoms with Gasteiger partial charge in [0.1, 0.15) is 0 Å². The van der Waals surface area contributed by atoms with Gasteiger partial charge in [0, 0.05) is 37.3 Å². The lowest BCUT2D eigenvalue weighted by Crippen LogP contribution is -2.48. The molecular formula is C24H32N4O2. The Kier molecular flexibility index (Phi) is 5.37. The van der Waals surface area contributed by atoms with Crippen LogP contribution in [-0.2, 0) is 11.2 Å². The fourth-order valence-corrected chi connectivity index (χ4v) is 4.99. The quantitative estimate of drug-likeness (QED) is 0.798. The molecule has 5 rings (SSSR count). The summed E-state index contributed by atoms with van der Waals surface area (Å²) in [7, 11) is 0. The van der Waals surface area contributed by atoms with E-state index >= 15 is 0 Å². The van der Waals surface area contributed by atoms with E-state index in [2.05, 4.69) is 34.7 Å². The van der Waals surface area contributed by atoms with Crippen molar-refractivity contribution in [3.8, 4) is 5.69 Å². The Labute approximate surface area is 178 Å². The van der Waals surface area contributed by atoms with Gasteiger partial charge in [-0.05, 0) is 81.3 Å². The number of carbonyl (C=O) groups is 1. The fraction of sp³-hybridized carbons (Fsp3) is 0.583. The Hall–Kier alpha value is -2.18. The van der Waals surface area contributed by atoms with E-state index in [0.29, 0.717) is 38.3 Å². The summed E-state index contributed by atoms with van der Waals surface area (Å²) >= 11 is 0. The van der Waals surface area contributed by atoms with Crippen LogP contribution in [0.4, 0.5) is 0 Å². The summed E-state index contributed by atoms with van der Waals surface area (Å²) in [6.45, 7) is 3.51. The zero-order valence-electron chi connectivity index (χ0n) is 17.6. The van der Waals surface area contributed by atoms with Crippen molar-refractivity contribution in [3.05, 3.63) is 47.8 Å². The predicted molar refractivity (Wildman–Crippen MR) is 116 cm³/mol. The van der Waals surface area contributed by atoms with Crippen LogP contribution in [-0.4, -0.2) is 57.5 Å². The second-order valence-corrected chi connectivity index (χ2v) is 9.35. The third-order valence-corrected chi connectivity index (χ3v) is 7.11. The van der Waals surface area contributed by atoms with Crippen molar-refractivity contribution in [1.29, 1.82) is 0 Å². The van der Waals surface area contributed by atoms with E-state index in [4.69, 9.17) is 0 Å². The summed E-state index contributed by atoms with van der Waals surface area (Å²) in [5.74, 6) is 1.18. The van der Waals surface area contributed by atoms with E-state index in [-0.39, 0.29) is 11.8 Å². The number of hydrogen-bond donors (Lipinski definition) is 2. The molecule has 6 nitrogen and oxygen atoms in total. The Morgan fingerprint density at radius 2 is 1.77 bits per heavy atom. The van der Waals surface area contributed by atoms with Gasteiger partial charge in [-0.15, -0.1) is 0 Å². The highest BCUT2D eigenvalue weighted by Crippen LogP contribution is 2.34. The molecule has 6 heteroatoms. The van der Waals surface area contributed by atoms with Crippen LogP contribution >= 0.6 is 0 Å². The molecule has 30 heavy (non-hydrogen) atoms. The molecule has 2 aromatic rings. The molecule has 3 aliphatic rings. The van der Waals surface area contributed by atoms with Gasteiger partial charge in [-0.25, -0.2) is 4.68 Å². The van der Waals surface area contributed by atoms with E-state index in [9.17, 15) is 9.90 Å². The van der Waals surface area contributed by atoms with E-state index in [1.165, 1.54) is 18.4 Å². The first kappa shape index (κ1) is 19.8. The maximum atomic E-state index is 12.3. The maximum Gasteiger partial charge on any atom is 0.225 e. The van der Waals surface area contributed by atoms with Crippen molar-refractivity contribution < 1.29 is 9.90 Å². The van der Waals surface area contributed by atoms with Crippen LogP contribution in [0.25, 0.3) is 5.69 Å². The third-order valence-electron chi connectivity index (χ3n) is 7.11. The molecule has 3 heterocycles. The highest BCUT2D eigenvalue weighted by atomic mass is 16.3. The third kappa shape index (κ3) is 4.16. The van der Waals surface area contributed by atoms with Crippen LogP contribution in [0.1, 0.15) is 55.7 Å². The normalized spacial score (nSPS) is 22.2. The Bertz CT molecular complexity index is 873. The number of likely N-dealkylation sites (tertiary alicyclic amines) is 1. The molecule has 3 fully saturated rings. The van der Waals surface area contributed by atoms with Crippen molar-refractivity contribution in [3.63, 3.8) is 0 Å². The summed E-state index contributed by atoms with van der Waals surface area (Å²) in [6.07, 6.45) is 8.10. The minimum atomic E-state index is -0.771. The number of aromatic nitrogens is 2. The molecular weight excluding hydrogens is 376 g/mol. The lowest BCUT2D eigenvalue weighted by atomic mass is 9.86. The molecule has 2 N–H and O–H groups in total. The van der Waals surface area contributed by atoms with Gasteiger partial charge in [0.15, 0.2) is 0 Å². The minimum Gasteiger partial charge on any atom is -0.389 e. The zero-order chi connectivity index (χ0) is 20.6. The van der Waals surface area contributed by atoms with Crippen molar-refractivity contribution in [2.75, 3.05) is 26.2 Å². The topological polar surface area (TPSA) is 70.4 Å². The Morgan fingerprint density at radius 1 is 1.07 bits per heavy atom. The molecule has 0 bridgehead atoms. The molecule has 160 valence electrons. The van der Waals surface area contributed by atoms with E-state index in [1.54, 1.807) is 0 Å². The highest BCUT2D eigenvalue weighted by Gasteiger charge is 2.39. The van der Waals surface area contributed by atoms with Crippen molar-refractivity contribution >= 4 is 5.91 Å². The van der Waals surface area contributed by atoms with Crippen molar-refractivity contribution in [2.45, 2.75) is 56.5 Å². The van der Waals surface area contributed by atoms with E-state index in [1.807, 2.05) is 21.8 Å². The SMILES string of the molecule is O=C(C1CC1)N1CCC(O)(Cc2ccnn2-c2ccc(C3CCNCC3)cc2)CC1. The molecule has 1 amide bonds. The molecule has 0 spiro atoms. The fourth-order valence-electron chi connectivity index (χ4n) is 4.99. The van der Waals surface area contributed by atoms with Gasteiger partial charge in [-0.1, -0.05) is 12.1 Å². The summed E-state index contributed by atoms with van der Waals surface area (Å²) in [6, 6.07) is 10.8. The number of nitrogens with one attached hydrogen (secondary N) is 1. The van der Waals surface area contributed by atoms with Crippen LogP contribution in [0.15, 0.2) is 36.5 Å². The van der Waals surface area contributed by atoms with Gasteiger partial charge in [-0.2, -0.15) is 5.10 Å². The standard InChI is InChI=1S/C24H32N4O2/c29-23(20-1-2-20)27-15-10-24(30,11-16-27)17-22-9-14-26-28(22)21-5-3-18(4-6-21)19-7-12-25-13-8-19/h3-6,9,14,19-20,25,30H,1-2,7-8,10-13,15-17H2. The molecule has 2 aliphatic heterocycles. The monoisotopic (exact) mass is 408 g/mol. The number of amides is 1. The summed E-state index contributed by atoms with van der Waals surface area (Å²) < 4.78 is 1.95. The number of hydrogen-bond acceptors (Lipinski definition) is 4. The molecule has 1 aromatic carbocycles. The summed E-state index contributed by atoms with van der Waals surface area (Å²) in [4.78, 5) is 14.2. The van der Waals surface area contributed by atoms with Crippen molar-refractivity contribution in [1.82, 2.24) is 20.0 Å². The highest BCUT2D eigenvalue weighted by molar-refractivity contribution is 5.81. The number of rotatable bonds is 5. The Balaban J connectivity index is 1.25. The molecule has 0 atom stereocenters. The molecule has 1 aromatic heterocycles. The second-order valence-electron chi connectivity index (χ2n) is 9.35. The maximum absolute atomic E-state index is 12.3. The lowest BCUT2D eigenvalue weighted by Gasteiger charge is -2.38. The van der Waals surface area contributed by atoms with Crippen LogP contribution in [0.5, 0.6) is 0 Å². The number of benzene rings is 1. The molecule has 0 unspecified atom stereocenters. The average Bonchev–Trinajstić information content (AvgIpc) is 3.54. The smallest absolute Gasteiger partial charge is 0.225 e. The van der Waals surface area contributed by atoms with Gasteiger partial charge < -0.3 is 15.3 Å². The number of carbonyl (C=O) groups excluding carboxylic acids is 1. The number of aliphatic hydroxyl groups is 1. The van der Waals surface area contributed by atoms with Gasteiger partial charge in [-0.3, -0.25) is 4.79 Å². The minimum absolute atomic E-state index is 0.255. The number of nitrogens with zero attached hydrogens (tertiary/aromatic N) is 3. The number of piperidine rings is 2. The van der Waals surface area contributed by atoms with Crippen LogP contribution < -0.4 is 5.32 Å². The first-order valence-corrected chi connectivity index (χ1v) is 11.5. The van der Waals surface area contributed by atoms with Gasteiger partial charge in [0.05, 0.1) is 11.3 Å². The Morgan fingerprint density at radius 3 is 2.43 bits per heavy atom. The molecule has 2 saturated heterocycles. The van der Waals surface area contributed by atoms with Gasteiger partial charge >= 0.3 is 0 Å². The molecule has 0 radical (unpaired) electrons. The first-order chi connectivity index (χ1) is 14.6. The molecule has 1 aliphatic carbocycles. The van der Waals surface area contributed by atoms with Crippen LogP contribution in [0.2, 0.25) is 0 Å². The molecule has 1 saturated carbocycles. The summed E-state index contributed by atoms with van der Waals surface area (Å²) in [5.41, 5.74) is 2.69. The van der Waals surface area contributed by atoms with Crippen LogP contribution in [0.3, 0.4) is 0 Å². The first-order valence-electron chi connectivity index (χ1n) is 11.5. The van der Waals surface area contributed by atoms with Gasteiger partial charge in [0.25, 0.3) is 0 Å². The zero-order valence-corrected chi connectivity index (χ0v) is 17.6. The average molecular weight is 409 g/mol. The largest absolute Gasteiger partial charge is 0.389 e. The van der Waals surface area contributed by atoms with Gasteiger partial charge in [0.2, 0.25) is 5.91 Å². The van der Waals surface area contributed by atoms with Crippen LogP contribution in [0, 0.1) is 5.92 Å². The summed E-state index contributed by atoms with van der Waals surface area (Å²) in [5, 5.41) is 19.2. The lowest BCUT2D eigenvalue weighted by molar-refractivity contribution is -0.136. The van der Waals surface area contributed by atoms with E-state index in [0.717, 1.165) is 37.3 Å².